The molecule has 0 aliphatic rings. The number of hydrogen-bond acceptors (Lipinski definition) is 5. The van der Waals surface area contributed by atoms with Crippen molar-refractivity contribution >= 4 is 0 Å². The summed E-state index contributed by atoms with van der Waals surface area (Å²) in [5, 5.41) is 11.1. The van der Waals surface area contributed by atoms with Crippen LogP contribution in [0.15, 0.2) is 12.4 Å². The van der Waals surface area contributed by atoms with Crippen molar-refractivity contribution in [2.75, 3.05) is 26.8 Å². The van der Waals surface area contributed by atoms with Crippen LogP contribution in [0.25, 0.3) is 0 Å². The summed E-state index contributed by atoms with van der Waals surface area (Å²) in [5.41, 5.74) is 5.49. The lowest BCUT2D eigenvalue weighted by atomic mass is 10.1. The number of nitrogens with two attached hydrogens (primary N) is 1. The van der Waals surface area contributed by atoms with E-state index in [1.807, 2.05) is 6.20 Å². The molecular formula is C10H21N5O. The van der Waals surface area contributed by atoms with Gasteiger partial charge in [-0.3, -0.25) is 4.68 Å². The summed E-state index contributed by atoms with van der Waals surface area (Å²) in [7, 11) is 1.72. The van der Waals surface area contributed by atoms with E-state index < -0.39 is 0 Å². The minimum atomic E-state index is 0.372. The molecule has 1 heterocycles. The highest BCUT2D eigenvalue weighted by Gasteiger charge is 2.06. The predicted molar refractivity (Wildman–Crippen MR) is 62.0 cm³/mol. The van der Waals surface area contributed by atoms with Gasteiger partial charge in [-0.2, -0.15) is 0 Å². The summed E-state index contributed by atoms with van der Waals surface area (Å²) in [6.45, 7) is 3.13. The quantitative estimate of drug-likeness (QED) is 0.601. The maximum absolute atomic E-state index is 5.49. The summed E-state index contributed by atoms with van der Waals surface area (Å²) in [4.78, 5) is 0. The summed E-state index contributed by atoms with van der Waals surface area (Å²) in [6.07, 6.45) is 5.60. The van der Waals surface area contributed by atoms with Crippen molar-refractivity contribution in [2.24, 2.45) is 5.73 Å². The van der Waals surface area contributed by atoms with Gasteiger partial charge in [0.05, 0.1) is 19.3 Å². The highest BCUT2D eigenvalue weighted by Crippen LogP contribution is 1.96. The van der Waals surface area contributed by atoms with Crippen LogP contribution < -0.4 is 11.1 Å². The van der Waals surface area contributed by atoms with Gasteiger partial charge >= 0.3 is 0 Å². The van der Waals surface area contributed by atoms with Gasteiger partial charge in [0.15, 0.2) is 0 Å². The molecule has 16 heavy (non-hydrogen) atoms. The summed E-state index contributed by atoms with van der Waals surface area (Å²) < 4.78 is 6.96. The molecule has 0 aliphatic carbocycles. The maximum Gasteiger partial charge on any atom is 0.0692 e. The zero-order valence-corrected chi connectivity index (χ0v) is 9.80. The highest BCUT2D eigenvalue weighted by atomic mass is 16.5. The van der Waals surface area contributed by atoms with Crippen molar-refractivity contribution < 1.29 is 4.74 Å². The van der Waals surface area contributed by atoms with Crippen molar-refractivity contribution in [3.63, 3.8) is 0 Å². The summed E-state index contributed by atoms with van der Waals surface area (Å²) >= 11 is 0. The zero-order chi connectivity index (χ0) is 11.6. The molecule has 1 aromatic rings. The van der Waals surface area contributed by atoms with Crippen LogP contribution >= 0.6 is 0 Å². The van der Waals surface area contributed by atoms with Crippen molar-refractivity contribution in [3.05, 3.63) is 12.4 Å². The second-order valence-corrected chi connectivity index (χ2v) is 3.70. The third-order valence-corrected chi connectivity index (χ3v) is 2.37. The van der Waals surface area contributed by atoms with Crippen molar-refractivity contribution in [1.29, 1.82) is 0 Å². The first kappa shape index (κ1) is 13.1. The molecule has 92 valence electrons. The average Bonchev–Trinajstić information content (AvgIpc) is 2.79. The molecule has 0 bridgehead atoms. The molecule has 3 N–H and O–H groups in total. The lowest BCUT2D eigenvalue weighted by Crippen LogP contribution is -2.36. The van der Waals surface area contributed by atoms with Crippen molar-refractivity contribution in [3.8, 4) is 0 Å². The fourth-order valence-corrected chi connectivity index (χ4v) is 1.54. The molecule has 0 saturated heterocycles. The fourth-order valence-electron chi connectivity index (χ4n) is 1.54. The Morgan fingerprint density at radius 2 is 2.44 bits per heavy atom. The fraction of sp³-hybridized carbons (Fsp3) is 0.800. The van der Waals surface area contributed by atoms with E-state index in [0.29, 0.717) is 6.04 Å². The molecule has 1 rings (SSSR count). The highest BCUT2D eigenvalue weighted by molar-refractivity contribution is 4.68. The first-order valence-corrected chi connectivity index (χ1v) is 5.63. The Bertz CT molecular complexity index is 252. The van der Waals surface area contributed by atoms with Crippen molar-refractivity contribution in [2.45, 2.75) is 25.4 Å². The summed E-state index contributed by atoms with van der Waals surface area (Å²) in [6, 6.07) is 0.372. The molecule has 1 aromatic heterocycles. The number of nitrogens with zero attached hydrogens (tertiary/aromatic N) is 3. The lowest BCUT2D eigenvalue weighted by molar-refractivity contribution is 0.161. The van der Waals surface area contributed by atoms with Crippen molar-refractivity contribution in [1.82, 2.24) is 20.3 Å². The SMILES string of the molecule is COCC(CCCN)NCCn1ccnn1. The molecule has 0 radical (unpaired) electrons. The normalized spacial score (nSPS) is 12.9. The third kappa shape index (κ3) is 5.20. The van der Waals surface area contributed by atoms with Gasteiger partial charge in [-0.1, -0.05) is 5.21 Å². The van der Waals surface area contributed by atoms with E-state index in [4.69, 9.17) is 10.5 Å². The van der Waals surface area contributed by atoms with Crippen LogP contribution in [-0.4, -0.2) is 47.8 Å². The van der Waals surface area contributed by atoms with Gasteiger partial charge in [0.2, 0.25) is 0 Å². The van der Waals surface area contributed by atoms with Crippen LogP contribution in [0.5, 0.6) is 0 Å². The Morgan fingerprint density at radius 3 is 3.06 bits per heavy atom. The van der Waals surface area contributed by atoms with E-state index in [1.54, 1.807) is 18.0 Å². The van der Waals surface area contributed by atoms with E-state index in [9.17, 15) is 0 Å². The maximum atomic E-state index is 5.49. The topological polar surface area (TPSA) is 78.0 Å². The van der Waals surface area contributed by atoms with Gasteiger partial charge in [0, 0.05) is 25.9 Å². The molecule has 0 fully saturated rings. The van der Waals surface area contributed by atoms with Crippen LogP contribution in [0.2, 0.25) is 0 Å². The second kappa shape index (κ2) is 8.20. The Hall–Kier alpha value is -0.980. The minimum Gasteiger partial charge on any atom is -0.383 e. The number of ether oxygens (including phenoxy) is 1. The van der Waals surface area contributed by atoms with Crippen LogP contribution in [0, 0.1) is 0 Å². The zero-order valence-electron chi connectivity index (χ0n) is 9.80. The Balaban J connectivity index is 2.15. The van der Waals surface area contributed by atoms with E-state index >= 15 is 0 Å². The molecule has 6 heteroatoms. The number of nitrogens with one attached hydrogen (secondary N) is 1. The van der Waals surface area contributed by atoms with Gasteiger partial charge in [-0.05, 0) is 19.4 Å². The van der Waals surface area contributed by atoms with E-state index in [2.05, 4.69) is 15.6 Å². The monoisotopic (exact) mass is 227 g/mol. The van der Waals surface area contributed by atoms with Gasteiger partial charge in [0.25, 0.3) is 0 Å². The molecule has 1 unspecified atom stereocenters. The number of aromatic nitrogens is 3. The Labute approximate surface area is 96.1 Å². The summed E-state index contributed by atoms with van der Waals surface area (Å²) in [5.74, 6) is 0. The van der Waals surface area contributed by atoms with E-state index in [0.717, 1.165) is 39.1 Å². The molecule has 0 aliphatic heterocycles. The molecular weight excluding hydrogens is 206 g/mol. The molecule has 0 amide bonds. The first-order valence-electron chi connectivity index (χ1n) is 5.63. The predicted octanol–water partition coefficient (Wildman–Crippen LogP) is -0.378. The van der Waals surface area contributed by atoms with Crippen LogP contribution in [0.1, 0.15) is 12.8 Å². The number of rotatable bonds is 9. The average molecular weight is 227 g/mol. The van der Waals surface area contributed by atoms with Crippen LogP contribution in [-0.2, 0) is 11.3 Å². The van der Waals surface area contributed by atoms with E-state index in [1.165, 1.54) is 0 Å². The van der Waals surface area contributed by atoms with Crippen LogP contribution in [0.4, 0.5) is 0 Å². The van der Waals surface area contributed by atoms with Gasteiger partial charge < -0.3 is 15.8 Å². The lowest BCUT2D eigenvalue weighted by Gasteiger charge is -2.17. The van der Waals surface area contributed by atoms with Gasteiger partial charge in [-0.15, -0.1) is 5.10 Å². The first-order chi connectivity index (χ1) is 7.86. The standard InChI is InChI=1S/C10H21N5O/c1-16-9-10(3-2-4-11)12-5-7-15-8-6-13-14-15/h6,8,10,12H,2-5,7,9,11H2,1H3. The largest absolute Gasteiger partial charge is 0.383 e. The molecule has 6 nitrogen and oxygen atoms in total. The smallest absolute Gasteiger partial charge is 0.0692 e. The molecule has 0 spiro atoms. The van der Waals surface area contributed by atoms with E-state index in [-0.39, 0.29) is 0 Å². The van der Waals surface area contributed by atoms with Gasteiger partial charge in [-0.25, -0.2) is 0 Å². The minimum absolute atomic E-state index is 0.372. The number of methoxy groups -OCH3 is 1. The third-order valence-electron chi connectivity index (χ3n) is 2.37. The Kier molecular flexibility index (Phi) is 6.71. The molecule has 0 aromatic carbocycles. The second-order valence-electron chi connectivity index (χ2n) is 3.70. The van der Waals surface area contributed by atoms with Crippen LogP contribution in [0.3, 0.4) is 0 Å². The molecule has 1 atom stereocenters. The number of hydrogen-bond donors (Lipinski definition) is 2. The molecule has 0 saturated carbocycles. The van der Waals surface area contributed by atoms with Gasteiger partial charge in [0.1, 0.15) is 0 Å². The Morgan fingerprint density at radius 1 is 1.56 bits per heavy atom.